The Bertz CT molecular complexity index is 346. The van der Waals surface area contributed by atoms with E-state index in [1.807, 2.05) is 20.2 Å². The van der Waals surface area contributed by atoms with Crippen LogP contribution in [0, 0.1) is 0 Å². The van der Waals surface area contributed by atoms with Gasteiger partial charge in [-0.2, -0.15) is 0 Å². The lowest BCUT2D eigenvalue weighted by atomic mass is 10.1. The van der Waals surface area contributed by atoms with Crippen molar-refractivity contribution < 1.29 is 14.4 Å². The van der Waals surface area contributed by atoms with Crippen LogP contribution in [0.4, 0.5) is 0 Å². The minimum absolute atomic E-state index is 0.200. The molecule has 0 aromatic heterocycles. The summed E-state index contributed by atoms with van der Waals surface area (Å²) in [5.74, 6) is -0.724. The Labute approximate surface area is 103 Å². The quantitative estimate of drug-likeness (QED) is 0.582. The fourth-order valence-electron chi connectivity index (χ4n) is 1.96. The molecule has 1 rings (SSSR count). The number of hydrogen-bond donors (Lipinski definition) is 1. The van der Waals surface area contributed by atoms with Crippen molar-refractivity contribution in [3.63, 3.8) is 0 Å². The predicted molar refractivity (Wildman–Crippen MR) is 68.9 cm³/mol. The topological polar surface area (TPSA) is 37.3 Å². The van der Waals surface area contributed by atoms with Crippen molar-refractivity contribution in [1.82, 2.24) is 0 Å². The van der Waals surface area contributed by atoms with Gasteiger partial charge in [-0.15, -0.1) is 0 Å². The number of quaternary nitrogens is 1. The summed E-state index contributed by atoms with van der Waals surface area (Å²) in [6.45, 7) is 1.12. The van der Waals surface area contributed by atoms with Crippen LogP contribution < -0.4 is 0 Å². The van der Waals surface area contributed by atoms with Gasteiger partial charge in [-0.05, 0) is 24.8 Å². The third-order valence-corrected chi connectivity index (χ3v) is 2.89. The Kier molecular flexibility index (Phi) is 5.16. The van der Waals surface area contributed by atoms with Crippen LogP contribution in [0.5, 0.6) is 0 Å². The molecule has 0 aliphatic heterocycles. The molecule has 0 unspecified atom stereocenters. The molecule has 0 amide bonds. The van der Waals surface area contributed by atoms with Crippen molar-refractivity contribution in [3.05, 3.63) is 35.9 Å². The first-order valence-corrected chi connectivity index (χ1v) is 6.07. The maximum Gasteiger partial charge on any atom is 0.359 e. The van der Waals surface area contributed by atoms with E-state index in [1.165, 1.54) is 5.56 Å². The van der Waals surface area contributed by atoms with Gasteiger partial charge in [0, 0.05) is 0 Å². The molecule has 0 heterocycles. The van der Waals surface area contributed by atoms with E-state index in [2.05, 4.69) is 24.3 Å². The molecule has 0 atom stereocenters. The molecule has 3 nitrogen and oxygen atoms in total. The lowest BCUT2D eigenvalue weighted by Gasteiger charge is -2.27. The number of benzene rings is 1. The van der Waals surface area contributed by atoms with Crippen molar-refractivity contribution in [2.24, 2.45) is 0 Å². The average Bonchev–Trinajstić information content (AvgIpc) is 2.24. The molecule has 1 aromatic carbocycles. The maximum absolute atomic E-state index is 10.7. The summed E-state index contributed by atoms with van der Waals surface area (Å²) >= 11 is 0. The van der Waals surface area contributed by atoms with Crippen molar-refractivity contribution in [1.29, 1.82) is 0 Å². The number of unbranched alkanes of at least 4 members (excludes halogenated alkanes) is 1. The van der Waals surface area contributed by atoms with Crippen molar-refractivity contribution in [3.8, 4) is 0 Å². The maximum atomic E-state index is 10.7. The van der Waals surface area contributed by atoms with Gasteiger partial charge in [0.2, 0.25) is 0 Å². The number of aryl methyl sites for hydroxylation is 1. The monoisotopic (exact) mass is 236 g/mol. The highest BCUT2D eigenvalue weighted by Crippen LogP contribution is 2.07. The Morgan fingerprint density at radius 3 is 2.41 bits per heavy atom. The van der Waals surface area contributed by atoms with E-state index >= 15 is 0 Å². The van der Waals surface area contributed by atoms with E-state index < -0.39 is 5.97 Å². The standard InChI is InChI=1S/C14H21NO2/c1-15(2,12-14(16)17)11-7-6-10-13-8-4-3-5-9-13/h3-5,8-9H,6-7,10-12H2,1-2H3/p+1. The molecule has 3 heteroatoms. The zero-order valence-corrected chi connectivity index (χ0v) is 10.7. The number of carboxylic acids is 1. The fraction of sp³-hybridized carbons (Fsp3) is 0.500. The highest BCUT2D eigenvalue weighted by atomic mass is 16.4. The smallest absolute Gasteiger partial charge is 0.359 e. The fourth-order valence-corrected chi connectivity index (χ4v) is 1.96. The summed E-state index contributed by atoms with van der Waals surface area (Å²) in [6.07, 6.45) is 3.26. The number of aliphatic carboxylic acids is 1. The summed E-state index contributed by atoms with van der Waals surface area (Å²) in [5, 5.41) is 8.77. The first kappa shape index (κ1) is 13.7. The second-order valence-corrected chi connectivity index (χ2v) is 5.15. The lowest BCUT2D eigenvalue weighted by molar-refractivity contribution is -0.883. The van der Waals surface area contributed by atoms with E-state index in [1.54, 1.807) is 0 Å². The molecular formula is C14H22NO2+. The molecule has 1 aromatic rings. The van der Waals surface area contributed by atoms with Crippen LogP contribution in [0.25, 0.3) is 0 Å². The molecule has 0 saturated heterocycles. The molecule has 0 aliphatic carbocycles. The van der Waals surface area contributed by atoms with E-state index in [4.69, 9.17) is 5.11 Å². The number of nitrogens with zero attached hydrogens (tertiary/aromatic N) is 1. The van der Waals surface area contributed by atoms with Crippen LogP contribution in [-0.2, 0) is 11.2 Å². The first-order valence-electron chi connectivity index (χ1n) is 6.07. The number of hydrogen-bond acceptors (Lipinski definition) is 1. The molecule has 0 bridgehead atoms. The number of rotatable bonds is 7. The molecule has 0 spiro atoms. The van der Waals surface area contributed by atoms with Gasteiger partial charge in [-0.25, -0.2) is 4.79 Å². The minimum Gasteiger partial charge on any atom is -0.477 e. The highest BCUT2D eigenvalue weighted by Gasteiger charge is 2.18. The second-order valence-electron chi connectivity index (χ2n) is 5.15. The highest BCUT2D eigenvalue weighted by molar-refractivity contribution is 5.67. The van der Waals surface area contributed by atoms with Gasteiger partial charge < -0.3 is 9.59 Å². The molecular weight excluding hydrogens is 214 g/mol. The Balaban J connectivity index is 2.22. The predicted octanol–water partition coefficient (Wildman–Crippen LogP) is 2.17. The molecule has 0 saturated carbocycles. The molecule has 94 valence electrons. The third-order valence-electron chi connectivity index (χ3n) is 2.89. The summed E-state index contributed by atoms with van der Waals surface area (Å²) in [4.78, 5) is 10.7. The van der Waals surface area contributed by atoms with Crippen LogP contribution in [0.2, 0.25) is 0 Å². The van der Waals surface area contributed by atoms with Gasteiger partial charge in [0.15, 0.2) is 6.54 Å². The van der Waals surface area contributed by atoms with Crippen molar-refractivity contribution >= 4 is 5.97 Å². The molecule has 17 heavy (non-hydrogen) atoms. The zero-order valence-electron chi connectivity index (χ0n) is 10.7. The van der Waals surface area contributed by atoms with Gasteiger partial charge in [-0.1, -0.05) is 30.3 Å². The molecule has 0 aliphatic rings. The lowest BCUT2D eigenvalue weighted by Crippen LogP contribution is -2.44. The Morgan fingerprint density at radius 1 is 1.18 bits per heavy atom. The average molecular weight is 236 g/mol. The normalized spacial score (nSPS) is 11.4. The van der Waals surface area contributed by atoms with Crippen LogP contribution in [-0.4, -0.2) is 42.7 Å². The van der Waals surface area contributed by atoms with Crippen LogP contribution >= 0.6 is 0 Å². The minimum atomic E-state index is -0.724. The second kappa shape index (κ2) is 6.40. The molecule has 0 fully saturated rings. The van der Waals surface area contributed by atoms with Crippen molar-refractivity contribution in [2.75, 3.05) is 27.2 Å². The van der Waals surface area contributed by atoms with Crippen LogP contribution in [0.3, 0.4) is 0 Å². The van der Waals surface area contributed by atoms with Gasteiger partial charge >= 0.3 is 5.97 Å². The first-order chi connectivity index (χ1) is 7.99. The SMILES string of the molecule is C[N+](C)(CCCCc1ccccc1)CC(=O)O. The largest absolute Gasteiger partial charge is 0.477 e. The molecule has 0 radical (unpaired) electrons. The van der Waals surface area contributed by atoms with Gasteiger partial charge in [0.1, 0.15) is 0 Å². The summed E-state index contributed by atoms with van der Waals surface area (Å²) in [5.41, 5.74) is 1.36. The van der Waals surface area contributed by atoms with E-state index in [0.29, 0.717) is 4.48 Å². The number of carboxylic acid groups (broad SMARTS) is 1. The zero-order chi connectivity index (χ0) is 12.7. The number of carbonyl (C=O) groups is 1. The van der Waals surface area contributed by atoms with Gasteiger partial charge in [-0.3, -0.25) is 0 Å². The third kappa shape index (κ3) is 6.07. The summed E-state index contributed by atoms with van der Waals surface area (Å²) in [7, 11) is 3.94. The number of likely N-dealkylation sites (N-methyl/N-ethyl adjacent to an activating group) is 1. The van der Waals surface area contributed by atoms with E-state index in [-0.39, 0.29) is 6.54 Å². The van der Waals surface area contributed by atoms with Gasteiger partial charge in [0.05, 0.1) is 20.6 Å². The van der Waals surface area contributed by atoms with Crippen LogP contribution in [0.15, 0.2) is 30.3 Å². The Morgan fingerprint density at radius 2 is 1.82 bits per heavy atom. The Hall–Kier alpha value is -1.35. The molecule has 1 N–H and O–H groups in total. The summed E-state index contributed by atoms with van der Waals surface area (Å²) in [6, 6.07) is 10.4. The van der Waals surface area contributed by atoms with Crippen LogP contribution in [0.1, 0.15) is 18.4 Å². The van der Waals surface area contributed by atoms with E-state index in [0.717, 1.165) is 25.8 Å². The van der Waals surface area contributed by atoms with Gasteiger partial charge in [0.25, 0.3) is 0 Å². The van der Waals surface area contributed by atoms with E-state index in [9.17, 15) is 4.79 Å². The van der Waals surface area contributed by atoms with Crippen molar-refractivity contribution in [2.45, 2.75) is 19.3 Å². The summed E-state index contributed by atoms with van der Waals surface area (Å²) < 4.78 is 0.560.